The minimum atomic E-state index is 0. The van der Waals surface area contributed by atoms with E-state index in [4.69, 9.17) is 10.5 Å². The van der Waals surface area contributed by atoms with E-state index in [1.807, 2.05) is 31.3 Å². The predicted octanol–water partition coefficient (Wildman–Crippen LogP) is 2.98. The van der Waals surface area contributed by atoms with Crippen LogP contribution in [0.3, 0.4) is 0 Å². The monoisotopic (exact) mass is 326 g/mol. The molecular weight excluding hydrogens is 300 g/mol. The fraction of sp³-hybridized carbons (Fsp3) is 0.588. The molecule has 4 nitrogen and oxygen atoms in total. The van der Waals surface area contributed by atoms with Crippen LogP contribution in [0.15, 0.2) is 24.3 Å². The summed E-state index contributed by atoms with van der Waals surface area (Å²) in [7, 11) is 3.50. The summed E-state index contributed by atoms with van der Waals surface area (Å²) >= 11 is 0. The van der Waals surface area contributed by atoms with Crippen molar-refractivity contribution in [3.8, 4) is 5.75 Å². The second-order valence-corrected chi connectivity index (χ2v) is 5.97. The van der Waals surface area contributed by atoms with E-state index >= 15 is 0 Å². The largest absolute Gasteiger partial charge is 0.496 e. The number of nitrogens with two attached hydrogens (primary N) is 1. The zero-order valence-corrected chi connectivity index (χ0v) is 14.3. The fourth-order valence-corrected chi connectivity index (χ4v) is 3.05. The van der Waals surface area contributed by atoms with Crippen LogP contribution in [0.4, 0.5) is 0 Å². The Kier molecular flexibility index (Phi) is 7.69. The molecular formula is C17H27ClN2O2. The third-order valence-corrected chi connectivity index (χ3v) is 4.43. The molecule has 2 unspecified atom stereocenters. The molecule has 1 aliphatic rings. The number of methoxy groups -OCH3 is 1. The Morgan fingerprint density at radius 3 is 2.68 bits per heavy atom. The van der Waals surface area contributed by atoms with Crippen molar-refractivity contribution >= 4 is 18.3 Å². The van der Waals surface area contributed by atoms with Crippen molar-refractivity contribution in [3.05, 3.63) is 29.8 Å². The van der Waals surface area contributed by atoms with Gasteiger partial charge in [0.05, 0.1) is 7.11 Å². The summed E-state index contributed by atoms with van der Waals surface area (Å²) in [5.74, 6) is 1.33. The molecule has 124 valence electrons. The van der Waals surface area contributed by atoms with Crippen LogP contribution in [0.1, 0.15) is 37.7 Å². The van der Waals surface area contributed by atoms with Gasteiger partial charge in [0, 0.05) is 31.6 Å². The smallest absolute Gasteiger partial charge is 0.222 e. The standard InChI is InChI=1S/C17H26N2O2.ClH/c1-19(12-14-8-4-6-10-16(14)21-2)17(20)11-13-7-3-5-9-15(13)18;/h4,6,8,10,13,15H,3,5,7,9,11-12,18H2,1-2H3;1H. The SMILES string of the molecule is COc1ccccc1CN(C)C(=O)CC1CCCCC1N.Cl. The van der Waals surface area contributed by atoms with Crippen molar-refractivity contribution in [2.24, 2.45) is 11.7 Å². The van der Waals surface area contributed by atoms with Gasteiger partial charge in [0.1, 0.15) is 5.75 Å². The summed E-state index contributed by atoms with van der Waals surface area (Å²) in [6, 6.07) is 8.00. The molecule has 2 atom stereocenters. The van der Waals surface area contributed by atoms with Crippen molar-refractivity contribution < 1.29 is 9.53 Å². The first-order valence-corrected chi connectivity index (χ1v) is 7.73. The van der Waals surface area contributed by atoms with Crippen molar-refractivity contribution in [3.63, 3.8) is 0 Å². The Labute approximate surface area is 139 Å². The van der Waals surface area contributed by atoms with Crippen LogP contribution < -0.4 is 10.5 Å². The molecule has 1 fully saturated rings. The Bertz CT molecular complexity index is 481. The molecule has 1 aromatic rings. The number of nitrogens with zero attached hydrogens (tertiary/aromatic N) is 1. The van der Waals surface area contributed by atoms with E-state index in [-0.39, 0.29) is 24.4 Å². The van der Waals surface area contributed by atoms with E-state index in [2.05, 4.69) is 0 Å². The number of carbonyl (C=O) groups excluding carboxylic acids is 1. The van der Waals surface area contributed by atoms with Gasteiger partial charge >= 0.3 is 0 Å². The minimum Gasteiger partial charge on any atom is -0.496 e. The highest BCUT2D eigenvalue weighted by Gasteiger charge is 2.25. The second-order valence-electron chi connectivity index (χ2n) is 5.97. The van der Waals surface area contributed by atoms with Gasteiger partial charge in [-0.25, -0.2) is 0 Å². The fourth-order valence-electron chi connectivity index (χ4n) is 3.05. The van der Waals surface area contributed by atoms with Crippen LogP contribution in [-0.4, -0.2) is 31.0 Å². The number of carbonyl (C=O) groups is 1. The Morgan fingerprint density at radius 1 is 1.32 bits per heavy atom. The first-order chi connectivity index (χ1) is 10.1. The quantitative estimate of drug-likeness (QED) is 0.905. The van der Waals surface area contributed by atoms with Gasteiger partial charge in [-0.2, -0.15) is 0 Å². The van der Waals surface area contributed by atoms with Crippen LogP contribution in [0.5, 0.6) is 5.75 Å². The van der Waals surface area contributed by atoms with Gasteiger partial charge in [0.2, 0.25) is 5.91 Å². The van der Waals surface area contributed by atoms with E-state index in [9.17, 15) is 4.79 Å². The van der Waals surface area contributed by atoms with Crippen molar-refractivity contribution in [2.75, 3.05) is 14.2 Å². The third-order valence-electron chi connectivity index (χ3n) is 4.43. The molecule has 0 heterocycles. The van der Waals surface area contributed by atoms with Crippen molar-refractivity contribution in [1.82, 2.24) is 4.90 Å². The highest BCUT2D eigenvalue weighted by Crippen LogP contribution is 2.26. The molecule has 0 aromatic heterocycles. The highest BCUT2D eigenvalue weighted by molar-refractivity contribution is 5.85. The number of para-hydroxylation sites is 1. The number of hydrogen-bond donors (Lipinski definition) is 1. The molecule has 5 heteroatoms. The van der Waals surface area contributed by atoms with Crippen molar-refractivity contribution in [2.45, 2.75) is 44.7 Å². The molecule has 0 aliphatic heterocycles. The normalized spacial score (nSPS) is 20.9. The maximum absolute atomic E-state index is 12.4. The number of halogens is 1. The molecule has 0 bridgehead atoms. The summed E-state index contributed by atoms with van der Waals surface area (Å²) in [5, 5.41) is 0. The highest BCUT2D eigenvalue weighted by atomic mass is 35.5. The molecule has 22 heavy (non-hydrogen) atoms. The summed E-state index contributed by atoms with van der Waals surface area (Å²) in [4.78, 5) is 14.2. The maximum atomic E-state index is 12.4. The van der Waals surface area contributed by atoms with Crippen LogP contribution in [-0.2, 0) is 11.3 Å². The number of amides is 1. The molecule has 2 rings (SSSR count). The first-order valence-electron chi connectivity index (χ1n) is 7.73. The number of hydrogen-bond acceptors (Lipinski definition) is 3. The minimum absolute atomic E-state index is 0. The maximum Gasteiger partial charge on any atom is 0.222 e. The zero-order valence-electron chi connectivity index (χ0n) is 13.5. The van der Waals surface area contributed by atoms with E-state index in [0.29, 0.717) is 18.9 Å². The molecule has 1 saturated carbocycles. The van der Waals surface area contributed by atoms with Gasteiger partial charge in [-0.15, -0.1) is 12.4 Å². The third kappa shape index (κ3) is 4.89. The van der Waals surface area contributed by atoms with Gasteiger partial charge in [-0.3, -0.25) is 4.79 Å². The number of benzene rings is 1. The molecule has 0 radical (unpaired) electrons. The lowest BCUT2D eigenvalue weighted by Gasteiger charge is -2.29. The van der Waals surface area contributed by atoms with Crippen LogP contribution >= 0.6 is 12.4 Å². The Hall–Kier alpha value is -1.26. The molecule has 1 aromatic carbocycles. The van der Waals surface area contributed by atoms with E-state index in [1.165, 1.54) is 12.8 Å². The Morgan fingerprint density at radius 2 is 2.00 bits per heavy atom. The summed E-state index contributed by atoms with van der Waals surface area (Å²) in [5.41, 5.74) is 7.17. The van der Waals surface area contributed by atoms with Crippen molar-refractivity contribution in [1.29, 1.82) is 0 Å². The van der Waals surface area contributed by atoms with Crippen LogP contribution in [0.2, 0.25) is 0 Å². The molecule has 2 N–H and O–H groups in total. The van der Waals surface area contributed by atoms with Gasteiger partial charge in [0.15, 0.2) is 0 Å². The number of ether oxygens (including phenoxy) is 1. The van der Waals surface area contributed by atoms with Gasteiger partial charge in [0.25, 0.3) is 0 Å². The lowest BCUT2D eigenvalue weighted by atomic mass is 9.83. The van der Waals surface area contributed by atoms with Gasteiger partial charge < -0.3 is 15.4 Å². The van der Waals surface area contributed by atoms with E-state index in [0.717, 1.165) is 24.2 Å². The molecule has 1 aliphatic carbocycles. The lowest BCUT2D eigenvalue weighted by Crippen LogP contribution is -2.37. The lowest BCUT2D eigenvalue weighted by molar-refractivity contribution is -0.131. The zero-order chi connectivity index (χ0) is 15.2. The Balaban J connectivity index is 0.00000242. The van der Waals surface area contributed by atoms with Crippen LogP contribution in [0.25, 0.3) is 0 Å². The van der Waals surface area contributed by atoms with Gasteiger partial charge in [-0.1, -0.05) is 31.0 Å². The first kappa shape index (κ1) is 18.8. The number of rotatable bonds is 5. The second kappa shape index (κ2) is 9.01. The van der Waals surface area contributed by atoms with Gasteiger partial charge in [-0.05, 0) is 24.8 Å². The van der Waals surface area contributed by atoms with Crippen LogP contribution in [0, 0.1) is 5.92 Å². The molecule has 0 spiro atoms. The molecule has 0 saturated heterocycles. The average Bonchev–Trinajstić information content (AvgIpc) is 2.50. The summed E-state index contributed by atoms with van der Waals surface area (Å²) < 4.78 is 5.34. The summed E-state index contributed by atoms with van der Waals surface area (Å²) in [6.45, 7) is 0.574. The average molecular weight is 327 g/mol. The van der Waals surface area contributed by atoms with E-state index in [1.54, 1.807) is 12.0 Å². The predicted molar refractivity (Wildman–Crippen MR) is 91.3 cm³/mol. The topological polar surface area (TPSA) is 55.6 Å². The summed E-state index contributed by atoms with van der Waals surface area (Å²) in [6.07, 6.45) is 5.08. The van der Waals surface area contributed by atoms with E-state index < -0.39 is 0 Å². The molecule has 1 amide bonds.